The van der Waals surface area contributed by atoms with Gasteiger partial charge in [-0.25, -0.2) is 0 Å². The number of rotatable bonds is 1. The summed E-state index contributed by atoms with van der Waals surface area (Å²) in [6.07, 6.45) is 2.90. The molecule has 0 spiro atoms. The molecule has 0 bridgehead atoms. The fourth-order valence-corrected chi connectivity index (χ4v) is 2.86. The Balaban J connectivity index is 2.32. The van der Waals surface area contributed by atoms with Gasteiger partial charge < -0.3 is 0 Å². The third kappa shape index (κ3) is 2.19. The standard InChI is InChI=1S/C9H18S/c1-7(2)9-4-5-10-8(3)6-9/h7-9H,4-6H2,1-3H3/t8-,9?/m1/s1. The Morgan fingerprint density at radius 2 is 2.10 bits per heavy atom. The highest BCUT2D eigenvalue weighted by Gasteiger charge is 2.21. The van der Waals surface area contributed by atoms with E-state index in [0.717, 1.165) is 17.1 Å². The Morgan fingerprint density at radius 1 is 1.40 bits per heavy atom. The van der Waals surface area contributed by atoms with Crippen LogP contribution in [0.5, 0.6) is 0 Å². The largest absolute Gasteiger partial charge is 0.159 e. The van der Waals surface area contributed by atoms with Gasteiger partial charge in [-0.15, -0.1) is 0 Å². The van der Waals surface area contributed by atoms with Crippen LogP contribution in [0.1, 0.15) is 33.6 Å². The van der Waals surface area contributed by atoms with Crippen LogP contribution in [0.25, 0.3) is 0 Å². The Labute approximate surface area is 68.8 Å². The van der Waals surface area contributed by atoms with Gasteiger partial charge in [0, 0.05) is 5.25 Å². The molecule has 1 heteroatoms. The van der Waals surface area contributed by atoms with Gasteiger partial charge in [0.05, 0.1) is 0 Å². The summed E-state index contributed by atoms with van der Waals surface area (Å²) >= 11 is 2.14. The average molecular weight is 158 g/mol. The predicted octanol–water partition coefficient (Wildman–Crippen LogP) is 3.17. The van der Waals surface area contributed by atoms with Crippen LogP contribution in [0.3, 0.4) is 0 Å². The fraction of sp³-hybridized carbons (Fsp3) is 1.00. The monoisotopic (exact) mass is 158 g/mol. The van der Waals surface area contributed by atoms with Gasteiger partial charge in [-0.2, -0.15) is 11.8 Å². The van der Waals surface area contributed by atoms with Crippen molar-refractivity contribution < 1.29 is 0 Å². The Hall–Kier alpha value is 0.350. The van der Waals surface area contributed by atoms with Gasteiger partial charge in [0.15, 0.2) is 0 Å². The first-order valence-electron chi connectivity index (χ1n) is 4.31. The highest BCUT2D eigenvalue weighted by Crippen LogP contribution is 2.33. The third-order valence-electron chi connectivity index (χ3n) is 2.47. The first-order chi connectivity index (χ1) is 4.70. The van der Waals surface area contributed by atoms with E-state index >= 15 is 0 Å². The summed E-state index contributed by atoms with van der Waals surface area (Å²) < 4.78 is 0. The maximum absolute atomic E-state index is 2.36. The molecule has 1 unspecified atom stereocenters. The zero-order valence-corrected chi connectivity index (χ0v) is 8.08. The van der Waals surface area contributed by atoms with Gasteiger partial charge in [-0.3, -0.25) is 0 Å². The van der Waals surface area contributed by atoms with E-state index in [1.165, 1.54) is 18.6 Å². The maximum atomic E-state index is 2.36. The van der Waals surface area contributed by atoms with Gasteiger partial charge in [0.2, 0.25) is 0 Å². The molecule has 0 nitrogen and oxygen atoms in total. The zero-order chi connectivity index (χ0) is 7.56. The molecule has 60 valence electrons. The third-order valence-corrected chi connectivity index (χ3v) is 3.70. The Kier molecular flexibility index (Phi) is 3.09. The highest BCUT2D eigenvalue weighted by molar-refractivity contribution is 7.99. The molecule has 0 aromatic rings. The second-order valence-corrected chi connectivity index (χ2v) is 5.26. The molecule has 0 N–H and O–H groups in total. The summed E-state index contributed by atoms with van der Waals surface area (Å²) in [6, 6.07) is 0. The summed E-state index contributed by atoms with van der Waals surface area (Å²) in [5.41, 5.74) is 0. The van der Waals surface area contributed by atoms with Gasteiger partial charge in [0.1, 0.15) is 0 Å². The van der Waals surface area contributed by atoms with E-state index < -0.39 is 0 Å². The lowest BCUT2D eigenvalue weighted by Gasteiger charge is -2.29. The van der Waals surface area contributed by atoms with Crippen LogP contribution in [0.2, 0.25) is 0 Å². The molecule has 2 atom stereocenters. The van der Waals surface area contributed by atoms with E-state index in [1.54, 1.807) is 0 Å². The van der Waals surface area contributed by atoms with E-state index in [-0.39, 0.29) is 0 Å². The van der Waals surface area contributed by atoms with E-state index in [9.17, 15) is 0 Å². The van der Waals surface area contributed by atoms with Crippen LogP contribution in [-0.2, 0) is 0 Å². The average Bonchev–Trinajstić information content (AvgIpc) is 1.88. The predicted molar refractivity (Wildman–Crippen MR) is 49.5 cm³/mol. The molecule has 10 heavy (non-hydrogen) atoms. The number of hydrogen-bond acceptors (Lipinski definition) is 1. The molecule has 0 saturated carbocycles. The lowest BCUT2D eigenvalue weighted by Crippen LogP contribution is -2.19. The molecule has 1 saturated heterocycles. The summed E-state index contributed by atoms with van der Waals surface area (Å²) in [5.74, 6) is 3.31. The second kappa shape index (κ2) is 3.66. The molecule has 0 amide bonds. The quantitative estimate of drug-likeness (QED) is 0.565. The smallest absolute Gasteiger partial charge is 0.00214 e. The van der Waals surface area contributed by atoms with Crippen molar-refractivity contribution in [1.82, 2.24) is 0 Å². The summed E-state index contributed by atoms with van der Waals surface area (Å²) in [4.78, 5) is 0. The van der Waals surface area contributed by atoms with Crippen LogP contribution in [0.4, 0.5) is 0 Å². The Morgan fingerprint density at radius 3 is 2.50 bits per heavy atom. The van der Waals surface area contributed by atoms with Crippen LogP contribution in [0.15, 0.2) is 0 Å². The summed E-state index contributed by atoms with van der Waals surface area (Å²) in [6.45, 7) is 7.07. The minimum absolute atomic E-state index is 0.906. The minimum atomic E-state index is 0.906. The van der Waals surface area contributed by atoms with Gasteiger partial charge in [-0.05, 0) is 30.4 Å². The molecule has 1 heterocycles. The van der Waals surface area contributed by atoms with E-state index in [1.807, 2.05) is 0 Å². The lowest BCUT2D eigenvalue weighted by atomic mass is 9.89. The first kappa shape index (κ1) is 8.45. The summed E-state index contributed by atoms with van der Waals surface area (Å²) in [5, 5.41) is 0.918. The molecule has 1 fully saturated rings. The number of thioether (sulfide) groups is 1. The molecule has 1 aliphatic heterocycles. The normalized spacial score (nSPS) is 34.8. The van der Waals surface area contributed by atoms with E-state index in [0.29, 0.717) is 0 Å². The molecular formula is C9H18S. The van der Waals surface area contributed by atoms with E-state index in [4.69, 9.17) is 0 Å². The maximum Gasteiger partial charge on any atom is 0.00214 e. The van der Waals surface area contributed by atoms with Gasteiger partial charge in [0.25, 0.3) is 0 Å². The van der Waals surface area contributed by atoms with E-state index in [2.05, 4.69) is 32.5 Å². The molecule has 0 aromatic heterocycles. The molecular weight excluding hydrogens is 140 g/mol. The Bertz CT molecular complexity index is 98.9. The lowest BCUT2D eigenvalue weighted by molar-refractivity contribution is 0.343. The van der Waals surface area contributed by atoms with Crippen LogP contribution >= 0.6 is 11.8 Å². The van der Waals surface area contributed by atoms with Crippen molar-refractivity contribution in [2.24, 2.45) is 11.8 Å². The van der Waals surface area contributed by atoms with Crippen molar-refractivity contribution in [2.45, 2.75) is 38.9 Å². The fourth-order valence-electron chi connectivity index (χ4n) is 1.64. The van der Waals surface area contributed by atoms with Crippen molar-refractivity contribution >= 4 is 11.8 Å². The molecule has 0 aliphatic carbocycles. The van der Waals surface area contributed by atoms with Crippen molar-refractivity contribution in [3.63, 3.8) is 0 Å². The molecule has 1 aliphatic rings. The summed E-state index contributed by atoms with van der Waals surface area (Å²) in [7, 11) is 0. The minimum Gasteiger partial charge on any atom is -0.159 e. The highest BCUT2D eigenvalue weighted by atomic mass is 32.2. The van der Waals surface area contributed by atoms with Crippen molar-refractivity contribution in [3.05, 3.63) is 0 Å². The van der Waals surface area contributed by atoms with Crippen molar-refractivity contribution in [3.8, 4) is 0 Å². The molecule has 0 aromatic carbocycles. The first-order valence-corrected chi connectivity index (χ1v) is 5.36. The number of hydrogen-bond donors (Lipinski definition) is 0. The van der Waals surface area contributed by atoms with Gasteiger partial charge >= 0.3 is 0 Å². The van der Waals surface area contributed by atoms with Crippen molar-refractivity contribution in [2.75, 3.05) is 5.75 Å². The molecule has 0 radical (unpaired) electrons. The molecule has 1 rings (SSSR count). The van der Waals surface area contributed by atoms with Crippen LogP contribution in [0, 0.1) is 11.8 Å². The SMILES string of the molecule is CC(C)C1CCS[C@H](C)C1. The van der Waals surface area contributed by atoms with Crippen LogP contribution in [-0.4, -0.2) is 11.0 Å². The van der Waals surface area contributed by atoms with Crippen molar-refractivity contribution in [1.29, 1.82) is 0 Å². The second-order valence-electron chi connectivity index (χ2n) is 3.71. The topological polar surface area (TPSA) is 0 Å². The van der Waals surface area contributed by atoms with Gasteiger partial charge in [-0.1, -0.05) is 20.8 Å². The van der Waals surface area contributed by atoms with Crippen LogP contribution < -0.4 is 0 Å². The zero-order valence-electron chi connectivity index (χ0n) is 7.26.